The van der Waals surface area contributed by atoms with Gasteiger partial charge in [0.05, 0.1) is 6.26 Å². The van der Waals surface area contributed by atoms with Crippen molar-refractivity contribution in [1.29, 1.82) is 0 Å². The molecule has 1 aliphatic rings. The number of nitrogens with zero attached hydrogens (tertiary/aromatic N) is 1. The van der Waals surface area contributed by atoms with Crippen LogP contribution >= 0.6 is 11.8 Å². The zero-order valence-electron chi connectivity index (χ0n) is 14.7. The maximum absolute atomic E-state index is 12.4. The molecule has 0 radical (unpaired) electrons. The number of hydrogen-bond acceptors (Lipinski definition) is 6. The van der Waals surface area contributed by atoms with Crippen molar-refractivity contribution in [1.82, 2.24) is 4.90 Å². The van der Waals surface area contributed by atoms with Crippen LogP contribution in [0.25, 0.3) is 0 Å². The Morgan fingerprint density at radius 3 is 2.73 bits per heavy atom. The van der Waals surface area contributed by atoms with Crippen LogP contribution in [0, 0.1) is 6.92 Å². The van der Waals surface area contributed by atoms with E-state index in [-0.39, 0.29) is 24.5 Å². The normalized spacial score (nSPS) is 19.4. The molecule has 1 aromatic heterocycles. The lowest BCUT2D eigenvalue weighted by atomic mass is 10.2. The number of benzene rings is 1. The topological polar surface area (TPSA) is 69.0 Å². The van der Waals surface area contributed by atoms with Crippen LogP contribution < -0.4 is 4.74 Å². The van der Waals surface area contributed by atoms with Gasteiger partial charge in [-0.2, -0.15) is 0 Å². The molecule has 1 saturated heterocycles. The average Bonchev–Trinajstić information content (AvgIpc) is 3.28. The first-order chi connectivity index (χ1) is 12.6. The van der Waals surface area contributed by atoms with Crippen LogP contribution in [0.2, 0.25) is 0 Å². The minimum Gasteiger partial charge on any atom is -0.490 e. The van der Waals surface area contributed by atoms with E-state index in [4.69, 9.17) is 13.9 Å². The van der Waals surface area contributed by atoms with Crippen LogP contribution in [0.1, 0.15) is 23.6 Å². The summed E-state index contributed by atoms with van der Waals surface area (Å²) in [6, 6.07) is 10.6. The predicted octanol–water partition coefficient (Wildman–Crippen LogP) is 3.17. The first kappa shape index (κ1) is 18.4. The minimum atomic E-state index is -0.619. The molecule has 7 heteroatoms. The van der Waals surface area contributed by atoms with E-state index in [2.05, 4.69) is 0 Å². The SMILES string of the molecule is CC(=O)N1[C@@H](C(=O)OCCOc2ccccc2C)CS[C@@H]1c1ccco1. The summed E-state index contributed by atoms with van der Waals surface area (Å²) in [5.74, 6) is 1.29. The van der Waals surface area contributed by atoms with E-state index >= 15 is 0 Å². The number of aryl methyl sites for hydroxylation is 1. The highest BCUT2D eigenvalue weighted by Crippen LogP contribution is 2.41. The van der Waals surface area contributed by atoms with Gasteiger partial charge in [-0.25, -0.2) is 4.79 Å². The Labute approximate surface area is 156 Å². The van der Waals surface area contributed by atoms with Crippen molar-refractivity contribution in [3.05, 3.63) is 54.0 Å². The van der Waals surface area contributed by atoms with E-state index in [0.717, 1.165) is 11.3 Å². The van der Waals surface area contributed by atoms with Crippen LogP contribution in [-0.2, 0) is 14.3 Å². The third kappa shape index (κ3) is 4.04. The molecule has 1 aliphatic heterocycles. The van der Waals surface area contributed by atoms with E-state index in [1.165, 1.54) is 23.6 Å². The van der Waals surface area contributed by atoms with Crippen molar-refractivity contribution in [2.75, 3.05) is 19.0 Å². The van der Waals surface area contributed by atoms with Crippen LogP contribution in [0.4, 0.5) is 0 Å². The molecule has 2 heterocycles. The number of amides is 1. The van der Waals surface area contributed by atoms with E-state index in [0.29, 0.717) is 11.5 Å². The Hall–Kier alpha value is -2.41. The fourth-order valence-electron chi connectivity index (χ4n) is 2.83. The molecule has 2 atom stereocenters. The zero-order chi connectivity index (χ0) is 18.5. The van der Waals surface area contributed by atoms with Crippen molar-refractivity contribution < 1.29 is 23.5 Å². The summed E-state index contributed by atoms with van der Waals surface area (Å²) in [5, 5.41) is -0.303. The molecule has 0 saturated carbocycles. The summed E-state index contributed by atoms with van der Waals surface area (Å²) < 4.78 is 16.4. The lowest BCUT2D eigenvalue weighted by molar-refractivity contribution is -0.154. The molecule has 0 aliphatic carbocycles. The zero-order valence-corrected chi connectivity index (χ0v) is 15.5. The summed E-state index contributed by atoms with van der Waals surface area (Å²) in [6.45, 7) is 3.80. The number of para-hydroxylation sites is 1. The summed E-state index contributed by atoms with van der Waals surface area (Å²) in [6.07, 6.45) is 1.56. The number of esters is 1. The smallest absolute Gasteiger partial charge is 0.329 e. The van der Waals surface area contributed by atoms with Gasteiger partial charge in [-0.1, -0.05) is 18.2 Å². The molecule has 6 nitrogen and oxygen atoms in total. The van der Waals surface area contributed by atoms with Crippen molar-refractivity contribution in [2.24, 2.45) is 0 Å². The summed E-state index contributed by atoms with van der Waals surface area (Å²) >= 11 is 1.49. The van der Waals surface area contributed by atoms with Gasteiger partial charge in [0.25, 0.3) is 0 Å². The summed E-state index contributed by atoms with van der Waals surface area (Å²) in [4.78, 5) is 26.0. The fraction of sp³-hybridized carbons (Fsp3) is 0.368. The van der Waals surface area contributed by atoms with E-state index in [1.54, 1.807) is 18.4 Å². The van der Waals surface area contributed by atoms with Gasteiger partial charge in [-0.3, -0.25) is 4.79 Å². The van der Waals surface area contributed by atoms with E-state index in [9.17, 15) is 9.59 Å². The third-order valence-corrected chi connectivity index (χ3v) is 5.38. The van der Waals surface area contributed by atoms with Gasteiger partial charge in [-0.05, 0) is 30.7 Å². The molecule has 1 aromatic carbocycles. The second-order valence-corrected chi connectivity index (χ2v) is 7.04. The number of carbonyl (C=O) groups excluding carboxylic acids is 2. The van der Waals surface area contributed by atoms with E-state index < -0.39 is 12.0 Å². The average molecular weight is 375 g/mol. The van der Waals surface area contributed by atoms with Crippen molar-refractivity contribution >= 4 is 23.6 Å². The third-order valence-electron chi connectivity index (χ3n) is 4.10. The number of furan rings is 1. The number of ether oxygens (including phenoxy) is 2. The number of carbonyl (C=O) groups is 2. The van der Waals surface area contributed by atoms with Crippen molar-refractivity contribution in [3.63, 3.8) is 0 Å². The van der Waals surface area contributed by atoms with Crippen LogP contribution in [-0.4, -0.2) is 41.8 Å². The Kier molecular flexibility index (Phi) is 5.88. The molecule has 3 rings (SSSR count). The van der Waals surface area contributed by atoms with Gasteiger partial charge >= 0.3 is 5.97 Å². The van der Waals surface area contributed by atoms with Crippen molar-refractivity contribution in [2.45, 2.75) is 25.3 Å². The number of thioether (sulfide) groups is 1. The number of rotatable bonds is 6. The molecule has 0 spiro atoms. The second-order valence-electron chi connectivity index (χ2n) is 5.92. The monoisotopic (exact) mass is 375 g/mol. The Balaban J connectivity index is 1.54. The van der Waals surface area contributed by atoms with Crippen LogP contribution in [0.15, 0.2) is 47.1 Å². The molecule has 2 aromatic rings. The largest absolute Gasteiger partial charge is 0.490 e. The molecule has 0 unspecified atom stereocenters. The molecular formula is C19H21NO5S. The fourth-order valence-corrected chi connectivity index (χ4v) is 4.25. The standard InChI is InChI=1S/C19H21NO5S/c1-13-6-3-4-7-16(13)24-10-11-25-19(22)15-12-26-18(20(15)14(2)21)17-8-5-9-23-17/h3-9,15,18H,10-12H2,1-2H3/t15-,18-/m1/s1. The van der Waals surface area contributed by atoms with Gasteiger partial charge in [0.15, 0.2) is 0 Å². The first-order valence-corrected chi connectivity index (χ1v) is 9.42. The highest BCUT2D eigenvalue weighted by Gasteiger charge is 2.43. The van der Waals surface area contributed by atoms with Gasteiger partial charge in [0.2, 0.25) is 5.91 Å². The van der Waals surface area contributed by atoms with E-state index in [1.807, 2.05) is 31.2 Å². The Bertz CT molecular complexity index is 761. The maximum Gasteiger partial charge on any atom is 0.329 e. The second kappa shape index (κ2) is 8.31. The molecule has 0 bridgehead atoms. The Morgan fingerprint density at radius 2 is 2.04 bits per heavy atom. The Morgan fingerprint density at radius 1 is 1.23 bits per heavy atom. The highest BCUT2D eigenvalue weighted by molar-refractivity contribution is 7.99. The molecule has 0 N–H and O–H groups in total. The lowest BCUT2D eigenvalue weighted by Gasteiger charge is -2.25. The van der Waals surface area contributed by atoms with Crippen LogP contribution in [0.5, 0.6) is 5.75 Å². The summed E-state index contributed by atoms with van der Waals surface area (Å²) in [7, 11) is 0. The minimum absolute atomic E-state index is 0.130. The van der Waals surface area contributed by atoms with Crippen molar-refractivity contribution in [3.8, 4) is 5.75 Å². The summed E-state index contributed by atoms with van der Waals surface area (Å²) in [5.41, 5.74) is 1.02. The number of hydrogen-bond donors (Lipinski definition) is 0. The quantitative estimate of drug-likeness (QED) is 0.571. The molecule has 138 valence electrons. The molecule has 1 amide bonds. The maximum atomic E-state index is 12.4. The first-order valence-electron chi connectivity index (χ1n) is 8.37. The van der Waals surface area contributed by atoms with Gasteiger partial charge in [0.1, 0.15) is 36.1 Å². The molecule has 1 fully saturated rings. The molecular weight excluding hydrogens is 354 g/mol. The highest BCUT2D eigenvalue weighted by atomic mass is 32.2. The van der Waals surface area contributed by atoms with Gasteiger partial charge in [-0.15, -0.1) is 11.8 Å². The van der Waals surface area contributed by atoms with Crippen LogP contribution in [0.3, 0.4) is 0 Å². The predicted molar refractivity (Wildman–Crippen MR) is 97.8 cm³/mol. The molecule has 26 heavy (non-hydrogen) atoms. The lowest BCUT2D eigenvalue weighted by Crippen LogP contribution is -2.43. The van der Waals surface area contributed by atoms with Gasteiger partial charge in [0, 0.05) is 12.7 Å². The van der Waals surface area contributed by atoms with Gasteiger partial charge < -0.3 is 18.8 Å².